The van der Waals surface area contributed by atoms with Gasteiger partial charge in [0.2, 0.25) is 5.91 Å². The van der Waals surface area contributed by atoms with Gasteiger partial charge < -0.3 is 11.1 Å². The summed E-state index contributed by atoms with van der Waals surface area (Å²) in [5.74, 6) is 1.46. The topological polar surface area (TPSA) is 55.1 Å². The summed E-state index contributed by atoms with van der Waals surface area (Å²) in [5.41, 5.74) is 7.42. The number of rotatable bonds is 4. The third-order valence-corrected chi connectivity index (χ3v) is 4.41. The van der Waals surface area contributed by atoms with Crippen LogP contribution in [0.1, 0.15) is 38.7 Å². The molecule has 0 radical (unpaired) electrons. The second kappa shape index (κ2) is 6.09. The van der Waals surface area contributed by atoms with Crippen LogP contribution in [0.4, 0.5) is 5.69 Å². The van der Waals surface area contributed by atoms with Crippen molar-refractivity contribution >= 4 is 11.6 Å². The monoisotopic (exact) mass is 260 g/mol. The zero-order chi connectivity index (χ0) is 13.8. The quantitative estimate of drug-likeness (QED) is 0.818. The first kappa shape index (κ1) is 13.9. The fourth-order valence-electron chi connectivity index (χ4n) is 3.17. The Morgan fingerprint density at radius 3 is 2.84 bits per heavy atom. The van der Waals surface area contributed by atoms with Gasteiger partial charge in [-0.05, 0) is 42.4 Å². The molecule has 3 unspecified atom stereocenters. The Bertz CT molecular complexity index is 444. The molecule has 0 aliphatic heterocycles. The molecule has 1 aliphatic carbocycles. The fourth-order valence-corrected chi connectivity index (χ4v) is 3.17. The lowest BCUT2D eigenvalue weighted by atomic mass is 9.93. The number of nitrogen functional groups attached to an aromatic ring is 1. The van der Waals surface area contributed by atoms with E-state index < -0.39 is 0 Å². The summed E-state index contributed by atoms with van der Waals surface area (Å²) in [7, 11) is 0. The molecule has 19 heavy (non-hydrogen) atoms. The van der Waals surface area contributed by atoms with E-state index in [2.05, 4.69) is 19.2 Å². The maximum absolute atomic E-state index is 12.1. The van der Waals surface area contributed by atoms with Crippen LogP contribution in [0.25, 0.3) is 0 Å². The summed E-state index contributed by atoms with van der Waals surface area (Å²) in [6.07, 6.45) is 3.98. The minimum atomic E-state index is 0.110. The Labute approximate surface area is 115 Å². The summed E-state index contributed by atoms with van der Waals surface area (Å²) in [6.45, 7) is 4.49. The van der Waals surface area contributed by atoms with Gasteiger partial charge in [0, 0.05) is 11.7 Å². The fraction of sp³-hybridized carbons (Fsp3) is 0.562. The summed E-state index contributed by atoms with van der Waals surface area (Å²) in [4.78, 5) is 12.1. The van der Waals surface area contributed by atoms with Crippen LogP contribution >= 0.6 is 0 Å². The van der Waals surface area contributed by atoms with Crippen LogP contribution in [-0.2, 0) is 11.2 Å². The molecule has 1 aromatic carbocycles. The number of nitrogens with one attached hydrogen (secondary N) is 1. The van der Waals surface area contributed by atoms with E-state index in [1.54, 1.807) is 0 Å². The molecular formula is C16H24N2O. The van der Waals surface area contributed by atoms with Crippen molar-refractivity contribution in [2.45, 2.75) is 45.6 Å². The molecule has 0 bridgehead atoms. The minimum Gasteiger partial charge on any atom is -0.399 e. The highest BCUT2D eigenvalue weighted by atomic mass is 16.1. The first-order valence-corrected chi connectivity index (χ1v) is 7.24. The summed E-state index contributed by atoms with van der Waals surface area (Å²) in [5, 5.41) is 3.18. The lowest BCUT2D eigenvalue weighted by molar-refractivity contribution is -0.121. The standard InChI is InChI=1S/C16H24N2O/c1-3-13-7-8-15(11(13)2)18-16(19)10-12-5-4-6-14(17)9-12/h4-6,9,11,13,15H,3,7-8,10,17H2,1-2H3,(H,18,19). The van der Waals surface area contributed by atoms with Crippen molar-refractivity contribution in [2.75, 3.05) is 5.73 Å². The van der Waals surface area contributed by atoms with Gasteiger partial charge in [0.05, 0.1) is 6.42 Å². The molecular weight excluding hydrogens is 236 g/mol. The first-order valence-electron chi connectivity index (χ1n) is 7.24. The van der Waals surface area contributed by atoms with Crippen LogP contribution in [0, 0.1) is 11.8 Å². The van der Waals surface area contributed by atoms with Crippen molar-refractivity contribution in [1.82, 2.24) is 5.32 Å². The highest BCUT2D eigenvalue weighted by Crippen LogP contribution is 2.33. The molecule has 0 heterocycles. The third-order valence-electron chi connectivity index (χ3n) is 4.41. The Balaban J connectivity index is 1.88. The van der Waals surface area contributed by atoms with Crippen molar-refractivity contribution in [2.24, 2.45) is 11.8 Å². The summed E-state index contributed by atoms with van der Waals surface area (Å²) < 4.78 is 0. The number of amides is 1. The number of hydrogen-bond acceptors (Lipinski definition) is 2. The second-order valence-corrected chi connectivity index (χ2v) is 5.70. The molecule has 3 nitrogen and oxygen atoms in total. The third kappa shape index (κ3) is 3.49. The van der Waals surface area contributed by atoms with Gasteiger partial charge in [0.15, 0.2) is 0 Å². The van der Waals surface area contributed by atoms with E-state index in [1.807, 2.05) is 24.3 Å². The molecule has 3 N–H and O–H groups in total. The molecule has 1 aliphatic rings. The highest BCUT2D eigenvalue weighted by Gasteiger charge is 2.32. The minimum absolute atomic E-state index is 0.110. The molecule has 0 saturated heterocycles. The maximum Gasteiger partial charge on any atom is 0.224 e. The van der Waals surface area contributed by atoms with Gasteiger partial charge in [-0.15, -0.1) is 0 Å². The molecule has 0 aromatic heterocycles. The number of carbonyl (C=O) groups excluding carboxylic acids is 1. The molecule has 1 fully saturated rings. The Morgan fingerprint density at radius 1 is 1.42 bits per heavy atom. The molecule has 1 amide bonds. The lowest BCUT2D eigenvalue weighted by Crippen LogP contribution is -2.38. The van der Waals surface area contributed by atoms with Gasteiger partial charge in [0.1, 0.15) is 0 Å². The van der Waals surface area contributed by atoms with E-state index in [9.17, 15) is 4.79 Å². The van der Waals surface area contributed by atoms with Crippen LogP contribution < -0.4 is 11.1 Å². The molecule has 3 heteroatoms. The highest BCUT2D eigenvalue weighted by molar-refractivity contribution is 5.79. The van der Waals surface area contributed by atoms with E-state index in [0.717, 1.165) is 17.9 Å². The van der Waals surface area contributed by atoms with Crippen LogP contribution in [-0.4, -0.2) is 11.9 Å². The predicted molar refractivity (Wildman–Crippen MR) is 78.7 cm³/mol. The van der Waals surface area contributed by atoms with Gasteiger partial charge in [-0.2, -0.15) is 0 Å². The summed E-state index contributed by atoms with van der Waals surface area (Å²) >= 11 is 0. The van der Waals surface area contributed by atoms with Crippen molar-refractivity contribution in [3.05, 3.63) is 29.8 Å². The van der Waals surface area contributed by atoms with Crippen molar-refractivity contribution < 1.29 is 4.79 Å². The zero-order valence-corrected chi connectivity index (χ0v) is 11.9. The second-order valence-electron chi connectivity index (χ2n) is 5.70. The molecule has 0 spiro atoms. The first-order chi connectivity index (χ1) is 9.10. The van der Waals surface area contributed by atoms with Gasteiger partial charge in [0.25, 0.3) is 0 Å². The number of nitrogens with two attached hydrogens (primary N) is 1. The molecule has 1 saturated carbocycles. The normalized spacial score (nSPS) is 26.3. The van der Waals surface area contributed by atoms with Gasteiger partial charge in [-0.25, -0.2) is 0 Å². The maximum atomic E-state index is 12.1. The average molecular weight is 260 g/mol. The number of anilines is 1. The van der Waals surface area contributed by atoms with Gasteiger partial charge >= 0.3 is 0 Å². The summed E-state index contributed by atoms with van der Waals surface area (Å²) in [6, 6.07) is 7.89. The number of hydrogen-bond donors (Lipinski definition) is 2. The number of carbonyl (C=O) groups is 1. The van der Waals surface area contributed by atoms with Crippen LogP contribution in [0.3, 0.4) is 0 Å². The van der Waals surface area contributed by atoms with E-state index in [-0.39, 0.29) is 5.91 Å². The smallest absolute Gasteiger partial charge is 0.224 e. The molecule has 2 rings (SSSR count). The molecule has 1 aromatic rings. The predicted octanol–water partition coefficient (Wildman–Crippen LogP) is 2.75. The van der Waals surface area contributed by atoms with E-state index in [1.165, 1.54) is 12.8 Å². The largest absolute Gasteiger partial charge is 0.399 e. The van der Waals surface area contributed by atoms with Crippen molar-refractivity contribution in [3.63, 3.8) is 0 Å². The van der Waals surface area contributed by atoms with Crippen molar-refractivity contribution in [3.8, 4) is 0 Å². The molecule has 104 valence electrons. The van der Waals surface area contributed by atoms with Crippen LogP contribution in [0.5, 0.6) is 0 Å². The Kier molecular flexibility index (Phi) is 4.46. The van der Waals surface area contributed by atoms with E-state index in [0.29, 0.717) is 24.1 Å². The average Bonchev–Trinajstić information content (AvgIpc) is 2.70. The van der Waals surface area contributed by atoms with Crippen molar-refractivity contribution in [1.29, 1.82) is 0 Å². The number of benzene rings is 1. The zero-order valence-electron chi connectivity index (χ0n) is 11.9. The Morgan fingerprint density at radius 2 is 2.21 bits per heavy atom. The Hall–Kier alpha value is -1.51. The lowest BCUT2D eigenvalue weighted by Gasteiger charge is -2.21. The van der Waals surface area contributed by atoms with Gasteiger partial charge in [-0.3, -0.25) is 4.79 Å². The van der Waals surface area contributed by atoms with Crippen LogP contribution in [0.2, 0.25) is 0 Å². The van der Waals surface area contributed by atoms with Gasteiger partial charge in [-0.1, -0.05) is 32.4 Å². The van der Waals surface area contributed by atoms with E-state index in [4.69, 9.17) is 5.73 Å². The molecule has 3 atom stereocenters. The van der Waals surface area contributed by atoms with E-state index >= 15 is 0 Å². The SMILES string of the molecule is CCC1CCC(NC(=O)Cc2cccc(N)c2)C1C. The van der Waals surface area contributed by atoms with Crippen LogP contribution in [0.15, 0.2) is 24.3 Å².